The molecule has 3 aromatic rings. The standard InChI is InChI=1S/C19H19F2N5O3/c1-28-14-4-3-13(17(20)18(14)21)12-2-5-15-22-19(24-26(15)10-12)23-16(27)11-25-6-8-29-9-7-25/h2-5,10H,6-9,11H2,1H3,(H,23,24,27). The highest BCUT2D eigenvalue weighted by Crippen LogP contribution is 2.29. The van der Waals surface area contributed by atoms with Gasteiger partial charge in [0.1, 0.15) is 0 Å². The summed E-state index contributed by atoms with van der Waals surface area (Å²) in [5.74, 6) is -2.32. The molecule has 4 rings (SSSR count). The van der Waals surface area contributed by atoms with Crippen molar-refractivity contribution in [3.63, 3.8) is 0 Å². The number of hydrogen-bond donors (Lipinski definition) is 1. The van der Waals surface area contributed by atoms with E-state index in [0.717, 1.165) is 0 Å². The van der Waals surface area contributed by atoms with Crippen LogP contribution < -0.4 is 10.1 Å². The normalized spacial score (nSPS) is 14.9. The number of anilines is 1. The number of pyridine rings is 1. The fourth-order valence-electron chi connectivity index (χ4n) is 3.13. The van der Waals surface area contributed by atoms with E-state index in [4.69, 9.17) is 9.47 Å². The topological polar surface area (TPSA) is 81.0 Å². The highest BCUT2D eigenvalue weighted by Gasteiger charge is 2.18. The Bertz CT molecular complexity index is 1050. The van der Waals surface area contributed by atoms with Crippen LogP contribution >= 0.6 is 0 Å². The molecule has 10 heteroatoms. The first kappa shape index (κ1) is 19.2. The van der Waals surface area contributed by atoms with Crippen molar-refractivity contribution in [1.29, 1.82) is 0 Å². The van der Waals surface area contributed by atoms with Gasteiger partial charge in [-0.1, -0.05) is 0 Å². The van der Waals surface area contributed by atoms with Crippen molar-refractivity contribution in [3.05, 3.63) is 42.1 Å². The Hall–Kier alpha value is -3.11. The lowest BCUT2D eigenvalue weighted by molar-refractivity contribution is -0.118. The maximum Gasteiger partial charge on any atom is 0.249 e. The molecule has 0 unspecified atom stereocenters. The van der Waals surface area contributed by atoms with Gasteiger partial charge in [0.05, 0.1) is 26.9 Å². The fourth-order valence-corrected chi connectivity index (χ4v) is 3.13. The summed E-state index contributed by atoms with van der Waals surface area (Å²) in [7, 11) is 1.27. The van der Waals surface area contributed by atoms with Crippen molar-refractivity contribution in [1.82, 2.24) is 19.5 Å². The number of rotatable bonds is 5. The zero-order valence-corrected chi connectivity index (χ0v) is 15.7. The number of ether oxygens (including phenoxy) is 2. The minimum absolute atomic E-state index is 0.0682. The van der Waals surface area contributed by atoms with E-state index in [0.29, 0.717) is 37.5 Å². The number of halogens is 2. The van der Waals surface area contributed by atoms with E-state index in [9.17, 15) is 13.6 Å². The van der Waals surface area contributed by atoms with E-state index in [1.54, 1.807) is 12.1 Å². The number of amides is 1. The molecule has 1 fully saturated rings. The van der Waals surface area contributed by atoms with Crippen molar-refractivity contribution in [2.75, 3.05) is 45.3 Å². The molecule has 0 bridgehead atoms. The van der Waals surface area contributed by atoms with E-state index < -0.39 is 11.6 Å². The van der Waals surface area contributed by atoms with E-state index >= 15 is 0 Å². The highest BCUT2D eigenvalue weighted by molar-refractivity contribution is 5.90. The minimum Gasteiger partial charge on any atom is -0.494 e. The summed E-state index contributed by atoms with van der Waals surface area (Å²) >= 11 is 0. The van der Waals surface area contributed by atoms with Crippen LogP contribution in [-0.2, 0) is 9.53 Å². The summed E-state index contributed by atoms with van der Waals surface area (Å²) in [6.45, 7) is 2.82. The molecule has 1 amide bonds. The Morgan fingerprint density at radius 2 is 2.00 bits per heavy atom. The van der Waals surface area contributed by atoms with Gasteiger partial charge < -0.3 is 9.47 Å². The molecule has 0 aliphatic carbocycles. The van der Waals surface area contributed by atoms with Crippen molar-refractivity contribution >= 4 is 17.5 Å². The van der Waals surface area contributed by atoms with Gasteiger partial charge in [0.2, 0.25) is 17.7 Å². The predicted molar refractivity (Wildman–Crippen MR) is 101 cm³/mol. The largest absolute Gasteiger partial charge is 0.494 e. The first-order valence-corrected chi connectivity index (χ1v) is 9.04. The number of morpholine rings is 1. The molecule has 1 aliphatic heterocycles. The minimum atomic E-state index is -1.06. The van der Waals surface area contributed by atoms with Gasteiger partial charge in [-0.05, 0) is 24.3 Å². The first-order chi connectivity index (χ1) is 14.0. The first-order valence-electron chi connectivity index (χ1n) is 9.04. The number of methoxy groups -OCH3 is 1. The Balaban J connectivity index is 1.53. The van der Waals surface area contributed by atoms with Crippen LogP contribution in [0.25, 0.3) is 16.8 Å². The van der Waals surface area contributed by atoms with Crippen LogP contribution in [0.5, 0.6) is 5.75 Å². The second-order valence-electron chi connectivity index (χ2n) is 6.54. The van der Waals surface area contributed by atoms with Crippen LogP contribution in [0.2, 0.25) is 0 Å². The molecule has 8 nitrogen and oxygen atoms in total. The number of hydrogen-bond acceptors (Lipinski definition) is 6. The molecule has 1 N–H and O–H groups in total. The quantitative estimate of drug-likeness (QED) is 0.702. The number of nitrogens with one attached hydrogen (secondary N) is 1. The third-order valence-electron chi connectivity index (χ3n) is 4.63. The molecule has 1 aromatic carbocycles. The lowest BCUT2D eigenvalue weighted by Gasteiger charge is -2.25. The van der Waals surface area contributed by atoms with Gasteiger partial charge in [0, 0.05) is 30.4 Å². The third kappa shape index (κ3) is 4.03. The Labute approximate surface area is 165 Å². The van der Waals surface area contributed by atoms with E-state index in [1.165, 1.54) is 30.0 Å². The second kappa shape index (κ2) is 8.10. The summed E-state index contributed by atoms with van der Waals surface area (Å²) in [5, 5.41) is 6.87. The van der Waals surface area contributed by atoms with Gasteiger partial charge in [-0.2, -0.15) is 9.37 Å². The number of carbonyl (C=O) groups excluding carboxylic acids is 1. The molecule has 29 heavy (non-hydrogen) atoms. The summed E-state index contributed by atoms with van der Waals surface area (Å²) in [5.41, 5.74) is 0.941. The molecule has 1 aliphatic rings. The number of benzene rings is 1. The summed E-state index contributed by atoms with van der Waals surface area (Å²) in [6.07, 6.45) is 1.52. The maximum absolute atomic E-state index is 14.4. The number of aromatic nitrogens is 3. The van der Waals surface area contributed by atoms with Crippen LogP contribution in [0.3, 0.4) is 0 Å². The summed E-state index contributed by atoms with van der Waals surface area (Å²) in [4.78, 5) is 18.4. The van der Waals surface area contributed by atoms with Gasteiger partial charge in [-0.25, -0.2) is 8.91 Å². The van der Waals surface area contributed by atoms with Gasteiger partial charge in [0.25, 0.3) is 0 Å². The van der Waals surface area contributed by atoms with Crippen LogP contribution in [0.1, 0.15) is 0 Å². The monoisotopic (exact) mass is 403 g/mol. The Morgan fingerprint density at radius 1 is 1.21 bits per heavy atom. The Morgan fingerprint density at radius 3 is 2.76 bits per heavy atom. The average Bonchev–Trinajstić information content (AvgIpc) is 3.12. The SMILES string of the molecule is COc1ccc(-c2ccc3nc(NC(=O)CN4CCOCC4)nn3c2)c(F)c1F. The summed E-state index contributed by atoms with van der Waals surface area (Å²) in [6, 6.07) is 6.01. The molecule has 0 atom stereocenters. The van der Waals surface area contributed by atoms with E-state index in [1.807, 2.05) is 4.90 Å². The Kier molecular flexibility index (Phi) is 5.36. The molecule has 1 saturated heterocycles. The predicted octanol–water partition coefficient (Wildman–Crippen LogP) is 1.95. The molecule has 3 heterocycles. The van der Waals surface area contributed by atoms with Crippen LogP contribution in [0.4, 0.5) is 14.7 Å². The smallest absolute Gasteiger partial charge is 0.249 e. The zero-order valence-electron chi connectivity index (χ0n) is 15.7. The van der Waals surface area contributed by atoms with Gasteiger partial charge in [-0.3, -0.25) is 15.0 Å². The number of carbonyl (C=O) groups is 1. The maximum atomic E-state index is 14.4. The fraction of sp³-hybridized carbons (Fsp3) is 0.316. The van der Waals surface area contributed by atoms with Crippen molar-refractivity contribution in [2.45, 2.75) is 0 Å². The molecule has 152 valence electrons. The molecule has 0 radical (unpaired) electrons. The highest BCUT2D eigenvalue weighted by atomic mass is 19.2. The molecular weight excluding hydrogens is 384 g/mol. The van der Waals surface area contributed by atoms with Crippen molar-refractivity contribution in [2.24, 2.45) is 0 Å². The van der Waals surface area contributed by atoms with Crippen LogP contribution in [-0.4, -0.2) is 65.4 Å². The van der Waals surface area contributed by atoms with E-state index in [-0.39, 0.29) is 29.7 Å². The number of fused-ring (bicyclic) bond motifs is 1. The number of nitrogens with zero attached hydrogens (tertiary/aromatic N) is 4. The lowest BCUT2D eigenvalue weighted by Crippen LogP contribution is -2.41. The van der Waals surface area contributed by atoms with E-state index in [2.05, 4.69) is 15.4 Å². The van der Waals surface area contributed by atoms with Crippen molar-refractivity contribution in [3.8, 4) is 16.9 Å². The van der Waals surface area contributed by atoms with Crippen LogP contribution in [0, 0.1) is 11.6 Å². The lowest BCUT2D eigenvalue weighted by atomic mass is 10.1. The third-order valence-corrected chi connectivity index (χ3v) is 4.63. The second-order valence-corrected chi connectivity index (χ2v) is 6.54. The average molecular weight is 403 g/mol. The zero-order chi connectivity index (χ0) is 20.4. The van der Waals surface area contributed by atoms with Crippen molar-refractivity contribution < 1.29 is 23.0 Å². The van der Waals surface area contributed by atoms with Gasteiger partial charge in [-0.15, -0.1) is 5.10 Å². The molecular formula is C19H19F2N5O3. The molecule has 2 aromatic heterocycles. The van der Waals surface area contributed by atoms with Crippen LogP contribution in [0.15, 0.2) is 30.5 Å². The molecule has 0 saturated carbocycles. The van der Waals surface area contributed by atoms with Gasteiger partial charge in [0.15, 0.2) is 17.2 Å². The molecule has 0 spiro atoms. The van der Waals surface area contributed by atoms with Gasteiger partial charge >= 0.3 is 0 Å². The summed E-state index contributed by atoms with van der Waals surface area (Å²) < 4.78 is 39.8.